The molecule has 1 N–H and O–H groups in total. The van der Waals surface area contributed by atoms with E-state index in [1.165, 1.54) is 31.9 Å². The van der Waals surface area contributed by atoms with Crippen molar-refractivity contribution >= 4 is 27.7 Å². The molecular weight excluding hydrogens is 300 g/mol. The first-order valence-corrected chi connectivity index (χ1v) is 5.77. The summed E-state index contributed by atoms with van der Waals surface area (Å²) in [6, 6.07) is 1.57. The minimum Gasteiger partial charge on any atom is -0.494 e. The van der Waals surface area contributed by atoms with Gasteiger partial charge in [0, 0.05) is 6.20 Å². The zero-order valence-electron chi connectivity index (χ0n) is 9.42. The van der Waals surface area contributed by atoms with E-state index < -0.39 is 0 Å². The van der Waals surface area contributed by atoms with Crippen LogP contribution in [0, 0.1) is 0 Å². The number of hydrogen-bond donors (Lipinski definition) is 1. The maximum atomic E-state index is 12.0. The topological polar surface area (TPSA) is 77.0 Å². The average molecular weight is 309 g/mol. The molecular formula is C11H9BrN4O2. The Morgan fingerprint density at radius 3 is 2.83 bits per heavy atom. The third kappa shape index (κ3) is 2.80. The molecule has 0 atom stereocenters. The molecule has 2 aromatic heterocycles. The van der Waals surface area contributed by atoms with E-state index in [2.05, 4.69) is 36.2 Å². The minimum absolute atomic E-state index is 0.328. The molecule has 2 rings (SSSR count). The maximum absolute atomic E-state index is 12.0. The highest BCUT2D eigenvalue weighted by Crippen LogP contribution is 2.17. The number of nitrogens with zero attached hydrogens (tertiary/aromatic N) is 3. The van der Waals surface area contributed by atoms with Crippen LogP contribution in [-0.4, -0.2) is 28.0 Å². The second kappa shape index (κ2) is 5.54. The lowest BCUT2D eigenvalue weighted by Gasteiger charge is -2.07. The van der Waals surface area contributed by atoms with Gasteiger partial charge in [-0.05, 0) is 22.0 Å². The van der Waals surface area contributed by atoms with Gasteiger partial charge in [0.15, 0.2) is 5.82 Å². The van der Waals surface area contributed by atoms with Gasteiger partial charge in [0.2, 0.25) is 0 Å². The van der Waals surface area contributed by atoms with Crippen LogP contribution >= 0.6 is 15.9 Å². The first-order chi connectivity index (χ1) is 8.70. The summed E-state index contributed by atoms with van der Waals surface area (Å²) in [5, 5.41) is 2.62. The molecule has 0 saturated heterocycles. The highest BCUT2D eigenvalue weighted by Gasteiger charge is 2.12. The molecule has 2 aromatic rings. The number of rotatable bonds is 3. The number of nitrogens with one attached hydrogen (secondary N) is 1. The van der Waals surface area contributed by atoms with E-state index in [0.717, 1.165) is 0 Å². The highest BCUT2D eigenvalue weighted by molar-refractivity contribution is 9.10. The van der Waals surface area contributed by atoms with Crippen molar-refractivity contribution in [3.05, 3.63) is 41.0 Å². The van der Waals surface area contributed by atoms with E-state index in [0.29, 0.717) is 21.7 Å². The summed E-state index contributed by atoms with van der Waals surface area (Å²) in [4.78, 5) is 23.8. The van der Waals surface area contributed by atoms with Crippen LogP contribution in [0.25, 0.3) is 0 Å². The predicted octanol–water partition coefficient (Wildman–Crippen LogP) is 1.89. The molecule has 0 saturated carbocycles. The third-order valence-electron chi connectivity index (χ3n) is 2.11. The van der Waals surface area contributed by atoms with Gasteiger partial charge in [0.25, 0.3) is 5.91 Å². The highest BCUT2D eigenvalue weighted by atomic mass is 79.9. The number of carbonyl (C=O) groups excluding carboxylic acids is 1. The van der Waals surface area contributed by atoms with Gasteiger partial charge in [-0.1, -0.05) is 0 Å². The molecule has 0 radical (unpaired) electrons. The molecule has 18 heavy (non-hydrogen) atoms. The van der Waals surface area contributed by atoms with Crippen molar-refractivity contribution in [2.75, 3.05) is 12.4 Å². The Morgan fingerprint density at radius 2 is 2.17 bits per heavy atom. The van der Waals surface area contributed by atoms with Crippen LogP contribution in [0.1, 0.15) is 10.4 Å². The molecule has 6 nitrogen and oxygen atoms in total. The van der Waals surface area contributed by atoms with Gasteiger partial charge in [0.1, 0.15) is 10.4 Å². The van der Waals surface area contributed by atoms with Crippen molar-refractivity contribution in [3.8, 4) is 5.75 Å². The fourth-order valence-corrected chi connectivity index (χ4v) is 1.50. The van der Waals surface area contributed by atoms with Crippen molar-refractivity contribution in [2.45, 2.75) is 0 Å². The number of aromatic nitrogens is 3. The first kappa shape index (κ1) is 12.4. The summed E-state index contributed by atoms with van der Waals surface area (Å²) in [7, 11) is 1.48. The van der Waals surface area contributed by atoms with Crippen molar-refractivity contribution < 1.29 is 9.53 Å². The van der Waals surface area contributed by atoms with E-state index >= 15 is 0 Å². The molecule has 0 aliphatic carbocycles. The molecule has 0 aliphatic heterocycles. The van der Waals surface area contributed by atoms with Gasteiger partial charge in [-0.2, -0.15) is 0 Å². The Kier molecular flexibility index (Phi) is 3.83. The van der Waals surface area contributed by atoms with E-state index in [1.807, 2.05) is 0 Å². The average Bonchev–Trinajstić information content (AvgIpc) is 2.41. The maximum Gasteiger partial charge on any atom is 0.260 e. The Bertz CT molecular complexity index is 559. The molecule has 7 heteroatoms. The molecule has 0 unspecified atom stereocenters. The lowest BCUT2D eigenvalue weighted by molar-refractivity contribution is 0.102. The smallest absolute Gasteiger partial charge is 0.260 e. The van der Waals surface area contributed by atoms with Gasteiger partial charge in [0.05, 0.1) is 31.3 Å². The second-order valence-corrected chi connectivity index (χ2v) is 4.07. The van der Waals surface area contributed by atoms with Crippen molar-refractivity contribution in [1.29, 1.82) is 0 Å². The van der Waals surface area contributed by atoms with Crippen LogP contribution in [0.5, 0.6) is 5.75 Å². The van der Waals surface area contributed by atoms with Crippen LogP contribution in [0.15, 0.2) is 35.5 Å². The predicted molar refractivity (Wildman–Crippen MR) is 68.5 cm³/mol. The standard InChI is InChI=1S/C11H9BrN4O2/c1-18-8-4-13-3-2-7(8)11(17)16-10-6-14-9(12)5-15-10/h2-6H,1H3,(H,15,16,17). The van der Waals surface area contributed by atoms with Crippen molar-refractivity contribution in [1.82, 2.24) is 15.0 Å². The largest absolute Gasteiger partial charge is 0.494 e. The SMILES string of the molecule is COc1cnccc1C(=O)Nc1cnc(Br)cn1. The van der Waals surface area contributed by atoms with Gasteiger partial charge in [-0.3, -0.25) is 9.78 Å². The first-order valence-electron chi connectivity index (χ1n) is 4.97. The Hall–Kier alpha value is -2.02. The van der Waals surface area contributed by atoms with Crippen molar-refractivity contribution in [2.24, 2.45) is 0 Å². The summed E-state index contributed by atoms with van der Waals surface area (Å²) in [5.74, 6) is 0.438. The van der Waals surface area contributed by atoms with Gasteiger partial charge >= 0.3 is 0 Å². The zero-order valence-corrected chi connectivity index (χ0v) is 11.0. The molecule has 0 fully saturated rings. The molecule has 0 aliphatic rings. The molecule has 0 aromatic carbocycles. The summed E-state index contributed by atoms with van der Waals surface area (Å²) >= 11 is 3.16. The lowest BCUT2D eigenvalue weighted by Crippen LogP contribution is -2.14. The van der Waals surface area contributed by atoms with Crippen molar-refractivity contribution in [3.63, 3.8) is 0 Å². The summed E-state index contributed by atoms with van der Waals surface area (Å²) in [6.45, 7) is 0. The number of halogens is 1. The quantitative estimate of drug-likeness (QED) is 0.937. The molecule has 2 heterocycles. The van der Waals surface area contributed by atoms with Crippen LogP contribution in [0.4, 0.5) is 5.82 Å². The van der Waals surface area contributed by atoms with E-state index in [-0.39, 0.29) is 5.91 Å². The normalized spacial score (nSPS) is 9.89. The van der Waals surface area contributed by atoms with Crippen LogP contribution in [0.3, 0.4) is 0 Å². The lowest BCUT2D eigenvalue weighted by atomic mass is 10.2. The fourth-order valence-electron chi connectivity index (χ4n) is 1.29. The molecule has 1 amide bonds. The molecule has 92 valence electrons. The van der Waals surface area contributed by atoms with Gasteiger partial charge in [-0.15, -0.1) is 0 Å². The Labute approximate surface area is 112 Å². The summed E-state index contributed by atoms with van der Waals surface area (Å²) in [6.07, 6.45) is 5.95. The molecule has 0 bridgehead atoms. The number of amides is 1. The van der Waals surface area contributed by atoms with E-state index in [9.17, 15) is 4.79 Å². The monoisotopic (exact) mass is 308 g/mol. The number of methoxy groups -OCH3 is 1. The Morgan fingerprint density at radius 1 is 1.33 bits per heavy atom. The fraction of sp³-hybridized carbons (Fsp3) is 0.0909. The number of anilines is 1. The number of ether oxygens (including phenoxy) is 1. The number of hydrogen-bond acceptors (Lipinski definition) is 5. The second-order valence-electron chi connectivity index (χ2n) is 3.25. The van der Waals surface area contributed by atoms with Crippen LogP contribution in [0.2, 0.25) is 0 Å². The zero-order chi connectivity index (χ0) is 13.0. The minimum atomic E-state index is -0.328. The van der Waals surface area contributed by atoms with Gasteiger partial charge < -0.3 is 10.1 Å². The number of carbonyl (C=O) groups is 1. The van der Waals surface area contributed by atoms with E-state index in [1.54, 1.807) is 6.07 Å². The molecule has 0 spiro atoms. The Balaban J connectivity index is 2.19. The summed E-state index contributed by atoms with van der Waals surface area (Å²) < 4.78 is 5.66. The number of pyridine rings is 1. The summed E-state index contributed by atoms with van der Waals surface area (Å²) in [5.41, 5.74) is 0.386. The van der Waals surface area contributed by atoms with Gasteiger partial charge in [-0.25, -0.2) is 9.97 Å². The van der Waals surface area contributed by atoms with E-state index in [4.69, 9.17) is 4.74 Å². The van der Waals surface area contributed by atoms with Crippen LogP contribution < -0.4 is 10.1 Å². The van der Waals surface area contributed by atoms with Crippen LogP contribution in [-0.2, 0) is 0 Å². The third-order valence-corrected chi connectivity index (χ3v) is 2.52.